The molecule has 0 atom stereocenters. The van der Waals surface area contributed by atoms with Crippen molar-refractivity contribution in [3.63, 3.8) is 0 Å². The molecule has 4 aromatic rings. The molecule has 1 amide bonds. The zero-order valence-corrected chi connectivity index (χ0v) is 18.5. The molecule has 0 bridgehead atoms. The molecule has 2 aromatic carbocycles. The number of amides is 1. The maximum Gasteiger partial charge on any atom is 0.236 e. The molecule has 0 aliphatic carbocycles. The van der Waals surface area contributed by atoms with Crippen molar-refractivity contribution in [3.05, 3.63) is 70.9 Å². The first-order valence-corrected chi connectivity index (χ1v) is 11.2. The number of rotatable bonds is 6. The average Bonchev–Trinajstić information content (AvgIpc) is 3.33. The Hall–Kier alpha value is -2.97. The Morgan fingerprint density at radius 1 is 1.07 bits per heavy atom. The van der Waals surface area contributed by atoms with Crippen molar-refractivity contribution in [2.45, 2.75) is 25.9 Å². The standard InChI is InChI=1S/C22H21N5OS2/c1-14-8-10-17(11-9-14)19-12-23-22(27(19)18-7-5-4-6-15(18)2)29-13-20(28)24-21-26-25-16(3)30-21/h4-12H,13H2,1-3H3,(H,24,26,28). The molecule has 1 N–H and O–H groups in total. The van der Waals surface area contributed by atoms with Crippen molar-refractivity contribution in [1.29, 1.82) is 0 Å². The fraction of sp³-hybridized carbons (Fsp3) is 0.182. The van der Waals surface area contributed by atoms with Crippen LogP contribution in [0.5, 0.6) is 0 Å². The minimum atomic E-state index is -0.132. The van der Waals surface area contributed by atoms with Gasteiger partial charge in [-0.3, -0.25) is 14.7 Å². The van der Waals surface area contributed by atoms with Crippen LogP contribution in [0.2, 0.25) is 0 Å². The molecule has 0 aliphatic heterocycles. The van der Waals surface area contributed by atoms with E-state index in [1.165, 1.54) is 28.7 Å². The van der Waals surface area contributed by atoms with E-state index < -0.39 is 0 Å². The van der Waals surface area contributed by atoms with Gasteiger partial charge in [-0.25, -0.2) is 4.98 Å². The zero-order valence-electron chi connectivity index (χ0n) is 16.9. The van der Waals surface area contributed by atoms with E-state index in [2.05, 4.69) is 75.3 Å². The van der Waals surface area contributed by atoms with Crippen LogP contribution in [0.1, 0.15) is 16.1 Å². The minimum absolute atomic E-state index is 0.132. The lowest BCUT2D eigenvalue weighted by Gasteiger charge is -2.14. The van der Waals surface area contributed by atoms with E-state index in [4.69, 9.17) is 0 Å². The van der Waals surface area contributed by atoms with Crippen molar-refractivity contribution >= 4 is 34.1 Å². The second-order valence-corrected chi connectivity index (χ2v) is 9.00. The monoisotopic (exact) mass is 435 g/mol. The van der Waals surface area contributed by atoms with Crippen LogP contribution < -0.4 is 5.32 Å². The maximum absolute atomic E-state index is 12.4. The molecule has 0 spiro atoms. The third-order valence-electron chi connectivity index (χ3n) is 4.54. The normalized spacial score (nSPS) is 10.9. The van der Waals surface area contributed by atoms with Gasteiger partial charge in [0.1, 0.15) is 5.01 Å². The quantitative estimate of drug-likeness (QED) is 0.429. The van der Waals surface area contributed by atoms with E-state index in [1.54, 1.807) is 0 Å². The SMILES string of the molecule is Cc1ccc(-c2cnc(SCC(=O)Nc3nnc(C)s3)n2-c2ccccc2C)cc1. The molecule has 6 nitrogen and oxygen atoms in total. The summed E-state index contributed by atoms with van der Waals surface area (Å²) in [5, 5.41) is 12.8. The van der Waals surface area contributed by atoms with Gasteiger partial charge in [-0.05, 0) is 32.4 Å². The third-order valence-corrected chi connectivity index (χ3v) is 6.24. The van der Waals surface area contributed by atoms with E-state index in [0.29, 0.717) is 5.13 Å². The number of aryl methyl sites for hydroxylation is 3. The molecule has 0 saturated carbocycles. The lowest BCUT2D eigenvalue weighted by Crippen LogP contribution is -2.14. The number of thioether (sulfide) groups is 1. The number of nitrogens with zero attached hydrogens (tertiary/aromatic N) is 4. The van der Waals surface area contributed by atoms with Crippen LogP contribution in [-0.4, -0.2) is 31.4 Å². The summed E-state index contributed by atoms with van der Waals surface area (Å²) in [4.78, 5) is 17.0. The summed E-state index contributed by atoms with van der Waals surface area (Å²) < 4.78 is 2.12. The van der Waals surface area contributed by atoms with Gasteiger partial charge in [-0.1, -0.05) is 71.1 Å². The molecule has 0 radical (unpaired) electrons. The predicted molar refractivity (Wildman–Crippen MR) is 122 cm³/mol. The number of nitrogens with one attached hydrogen (secondary N) is 1. The maximum atomic E-state index is 12.4. The molecule has 0 unspecified atom stereocenters. The molecular formula is C22H21N5OS2. The highest BCUT2D eigenvalue weighted by Gasteiger charge is 2.17. The summed E-state index contributed by atoms with van der Waals surface area (Å²) in [6.07, 6.45) is 1.87. The van der Waals surface area contributed by atoms with E-state index >= 15 is 0 Å². The first-order chi connectivity index (χ1) is 14.5. The topological polar surface area (TPSA) is 72.7 Å². The Morgan fingerprint density at radius 2 is 1.83 bits per heavy atom. The van der Waals surface area contributed by atoms with Crippen LogP contribution in [0.3, 0.4) is 0 Å². The second-order valence-electron chi connectivity index (χ2n) is 6.88. The van der Waals surface area contributed by atoms with Crippen molar-refractivity contribution in [3.8, 4) is 16.9 Å². The number of anilines is 1. The number of benzene rings is 2. The van der Waals surface area contributed by atoms with Gasteiger partial charge in [0.15, 0.2) is 5.16 Å². The van der Waals surface area contributed by atoms with Gasteiger partial charge < -0.3 is 0 Å². The summed E-state index contributed by atoms with van der Waals surface area (Å²) in [5.41, 5.74) is 5.47. The molecule has 2 heterocycles. The molecule has 0 saturated heterocycles. The second kappa shape index (κ2) is 8.81. The van der Waals surface area contributed by atoms with E-state index in [0.717, 1.165) is 32.7 Å². The molecular weight excluding hydrogens is 414 g/mol. The fourth-order valence-electron chi connectivity index (χ4n) is 3.04. The summed E-state index contributed by atoms with van der Waals surface area (Å²) in [5.74, 6) is 0.0989. The Balaban J connectivity index is 1.63. The van der Waals surface area contributed by atoms with Gasteiger partial charge in [0.05, 0.1) is 23.3 Å². The number of aromatic nitrogens is 4. The van der Waals surface area contributed by atoms with Gasteiger partial charge in [0.25, 0.3) is 0 Å². The first-order valence-electron chi connectivity index (χ1n) is 9.45. The predicted octanol–water partition coefficient (Wildman–Crippen LogP) is 5.05. The smallest absolute Gasteiger partial charge is 0.236 e. The molecule has 0 fully saturated rings. The van der Waals surface area contributed by atoms with Crippen LogP contribution in [0.4, 0.5) is 5.13 Å². The highest BCUT2D eigenvalue weighted by molar-refractivity contribution is 7.99. The number of imidazole rings is 1. The van der Waals surface area contributed by atoms with E-state index in [9.17, 15) is 4.79 Å². The summed E-state index contributed by atoms with van der Waals surface area (Å²) in [6, 6.07) is 16.6. The highest BCUT2D eigenvalue weighted by Crippen LogP contribution is 2.31. The Bertz CT molecular complexity index is 1180. The van der Waals surface area contributed by atoms with Gasteiger partial charge >= 0.3 is 0 Å². The van der Waals surface area contributed by atoms with Crippen LogP contribution in [-0.2, 0) is 4.79 Å². The van der Waals surface area contributed by atoms with Gasteiger partial charge in [0, 0.05) is 5.56 Å². The summed E-state index contributed by atoms with van der Waals surface area (Å²) in [6.45, 7) is 6.00. The summed E-state index contributed by atoms with van der Waals surface area (Å²) >= 11 is 2.76. The van der Waals surface area contributed by atoms with Crippen molar-refractivity contribution in [2.24, 2.45) is 0 Å². The fourth-order valence-corrected chi connectivity index (χ4v) is 4.44. The van der Waals surface area contributed by atoms with Gasteiger partial charge in [-0.2, -0.15) is 0 Å². The molecule has 152 valence electrons. The number of hydrogen-bond acceptors (Lipinski definition) is 6. The largest absolute Gasteiger partial charge is 0.300 e. The van der Waals surface area contributed by atoms with Crippen LogP contribution >= 0.6 is 23.1 Å². The van der Waals surface area contributed by atoms with Crippen molar-refractivity contribution in [2.75, 3.05) is 11.1 Å². The van der Waals surface area contributed by atoms with Crippen LogP contribution in [0.25, 0.3) is 16.9 Å². The number of carbonyl (C=O) groups is 1. The third kappa shape index (κ3) is 4.44. The minimum Gasteiger partial charge on any atom is -0.300 e. The molecule has 4 rings (SSSR count). The van der Waals surface area contributed by atoms with Gasteiger partial charge in [0.2, 0.25) is 11.0 Å². The molecule has 30 heavy (non-hydrogen) atoms. The average molecular weight is 436 g/mol. The van der Waals surface area contributed by atoms with E-state index in [-0.39, 0.29) is 11.7 Å². The molecule has 2 aromatic heterocycles. The number of carbonyl (C=O) groups excluding carboxylic acids is 1. The Labute approximate surface area is 183 Å². The summed E-state index contributed by atoms with van der Waals surface area (Å²) in [7, 11) is 0. The van der Waals surface area contributed by atoms with Crippen LogP contribution in [0, 0.1) is 20.8 Å². The molecule has 8 heteroatoms. The first kappa shape index (κ1) is 20.3. The highest BCUT2D eigenvalue weighted by atomic mass is 32.2. The van der Waals surface area contributed by atoms with Crippen LogP contribution in [0.15, 0.2) is 59.9 Å². The Morgan fingerprint density at radius 3 is 2.53 bits per heavy atom. The lowest BCUT2D eigenvalue weighted by molar-refractivity contribution is -0.113. The molecule has 0 aliphatic rings. The van der Waals surface area contributed by atoms with Crippen molar-refractivity contribution in [1.82, 2.24) is 19.7 Å². The number of hydrogen-bond donors (Lipinski definition) is 1. The van der Waals surface area contributed by atoms with E-state index in [1.807, 2.05) is 25.3 Å². The Kier molecular flexibility index (Phi) is 5.96. The lowest BCUT2D eigenvalue weighted by atomic mass is 10.1. The van der Waals surface area contributed by atoms with Gasteiger partial charge in [-0.15, -0.1) is 10.2 Å². The van der Waals surface area contributed by atoms with Crippen molar-refractivity contribution < 1.29 is 4.79 Å². The zero-order chi connectivity index (χ0) is 21.1. The number of para-hydroxylation sites is 1.